The van der Waals surface area contributed by atoms with Crippen molar-refractivity contribution in [1.82, 2.24) is 4.90 Å². The molecular weight excluding hydrogens is 270 g/mol. The molecule has 0 aromatic rings. The number of ether oxygens (including phenoxy) is 2. The van der Waals surface area contributed by atoms with E-state index in [1.807, 2.05) is 26.8 Å². The minimum atomic E-state index is -0.440. The van der Waals surface area contributed by atoms with Crippen LogP contribution in [0.4, 0.5) is 4.79 Å². The van der Waals surface area contributed by atoms with Crippen molar-refractivity contribution in [1.29, 1.82) is 0 Å². The highest BCUT2D eigenvalue weighted by atomic mass is 16.6. The van der Waals surface area contributed by atoms with Crippen LogP contribution in [0.15, 0.2) is 12.2 Å². The van der Waals surface area contributed by atoms with Gasteiger partial charge in [-0.2, -0.15) is 0 Å². The van der Waals surface area contributed by atoms with E-state index in [1.54, 1.807) is 11.8 Å². The summed E-state index contributed by atoms with van der Waals surface area (Å²) in [6, 6.07) is 0. The number of nitrogens with zero attached hydrogens (tertiary/aromatic N) is 1. The van der Waals surface area contributed by atoms with Crippen molar-refractivity contribution in [3.63, 3.8) is 0 Å². The van der Waals surface area contributed by atoms with Gasteiger partial charge in [-0.3, -0.25) is 0 Å². The monoisotopic (exact) mass is 295 g/mol. The molecule has 5 nitrogen and oxygen atoms in total. The summed E-state index contributed by atoms with van der Waals surface area (Å²) in [5.41, 5.74) is -0.190. The van der Waals surface area contributed by atoms with E-state index in [-0.39, 0.29) is 17.5 Å². The summed E-state index contributed by atoms with van der Waals surface area (Å²) in [6.45, 7) is 9.36. The maximum absolute atomic E-state index is 11.9. The van der Waals surface area contributed by atoms with Gasteiger partial charge in [0.1, 0.15) is 5.60 Å². The van der Waals surface area contributed by atoms with Crippen molar-refractivity contribution < 1.29 is 19.1 Å². The summed E-state index contributed by atoms with van der Waals surface area (Å²) >= 11 is 0. The van der Waals surface area contributed by atoms with Crippen LogP contribution < -0.4 is 0 Å². The van der Waals surface area contributed by atoms with Gasteiger partial charge in [-0.05, 0) is 46.5 Å². The number of hydrogen-bond donors (Lipinski definition) is 0. The average Bonchev–Trinajstić information content (AvgIpc) is 2.22. The quantitative estimate of drug-likeness (QED) is 0.593. The Hall–Kier alpha value is -1.52. The highest BCUT2D eigenvalue weighted by Gasteiger charge is 2.53. The van der Waals surface area contributed by atoms with E-state index in [0.29, 0.717) is 12.5 Å². The summed E-state index contributed by atoms with van der Waals surface area (Å²) in [7, 11) is 0. The molecule has 0 bridgehead atoms. The maximum Gasteiger partial charge on any atom is 0.410 e. The van der Waals surface area contributed by atoms with Crippen molar-refractivity contribution in [3.8, 4) is 0 Å². The van der Waals surface area contributed by atoms with Gasteiger partial charge >= 0.3 is 12.1 Å². The summed E-state index contributed by atoms with van der Waals surface area (Å²) in [5, 5.41) is 0. The minimum Gasteiger partial charge on any atom is -0.463 e. The highest BCUT2D eigenvalue weighted by Crippen LogP contribution is 2.52. The van der Waals surface area contributed by atoms with Crippen LogP contribution in [0, 0.1) is 11.3 Å². The first kappa shape index (κ1) is 15.9. The van der Waals surface area contributed by atoms with E-state index in [0.717, 1.165) is 25.9 Å². The van der Waals surface area contributed by atoms with Gasteiger partial charge in [-0.25, -0.2) is 9.59 Å². The Kier molecular flexibility index (Phi) is 4.30. The molecule has 0 aromatic heterocycles. The molecule has 0 radical (unpaired) electrons. The van der Waals surface area contributed by atoms with E-state index >= 15 is 0 Å². The Balaban J connectivity index is 1.70. The molecule has 2 fully saturated rings. The van der Waals surface area contributed by atoms with Crippen LogP contribution >= 0.6 is 0 Å². The third-order valence-electron chi connectivity index (χ3n) is 3.89. The second-order valence-electron chi connectivity index (χ2n) is 7.12. The molecule has 0 aromatic carbocycles. The fourth-order valence-corrected chi connectivity index (χ4v) is 3.07. The molecule has 0 unspecified atom stereocenters. The van der Waals surface area contributed by atoms with Crippen LogP contribution in [-0.4, -0.2) is 42.3 Å². The van der Waals surface area contributed by atoms with E-state index in [9.17, 15) is 9.59 Å². The van der Waals surface area contributed by atoms with E-state index in [4.69, 9.17) is 9.47 Å². The van der Waals surface area contributed by atoms with Gasteiger partial charge in [0, 0.05) is 24.6 Å². The van der Waals surface area contributed by atoms with E-state index in [1.165, 1.54) is 6.08 Å². The van der Waals surface area contributed by atoms with Gasteiger partial charge in [0.2, 0.25) is 0 Å². The minimum absolute atomic E-state index is 0.223. The second-order valence-corrected chi connectivity index (χ2v) is 7.12. The molecule has 1 amide bonds. The van der Waals surface area contributed by atoms with Crippen molar-refractivity contribution in [2.75, 3.05) is 19.7 Å². The van der Waals surface area contributed by atoms with E-state index in [2.05, 4.69) is 0 Å². The van der Waals surface area contributed by atoms with Gasteiger partial charge in [0.05, 0.1) is 6.61 Å². The van der Waals surface area contributed by atoms with E-state index < -0.39 is 5.60 Å². The molecule has 1 saturated carbocycles. The molecule has 21 heavy (non-hydrogen) atoms. The average molecular weight is 295 g/mol. The molecule has 1 heterocycles. The summed E-state index contributed by atoms with van der Waals surface area (Å²) in [6.07, 6.45) is 5.29. The Bertz CT molecular complexity index is 436. The Morgan fingerprint density at radius 2 is 1.90 bits per heavy atom. The molecule has 0 atom stereocenters. The second kappa shape index (κ2) is 5.70. The molecule has 118 valence electrons. The van der Waals surface area contributed by atoms with Crippen molar-refractivity contribution in [2.24, 2.45) is 11.3 Å². The Morgan fingerprint density at radius 1 is 1.29 bits per heavy atom. The van der Waals surface area contributed by atoms with Crippen LogP contribution in [-0.2, 0) is 14.3 Å². The molecule has 1 spiro atoms. The number of rotatable bonds is 3. The number of carbonyl (C=O) groups is 2. The molecule has 1 saturated heterocycles. The zero-order valence-electron chi connectivity index (χ0n) is 13.3. The summed E-state index contributed by atoms with van der Waals surface area (Å²) in [5.74, 6) is 0.151. The molecular formula is C16H25NO4. The van der Waals surface area contributed by atoms with Gasteiger partial charge in [-0.15, -0.1) is 0 Å². The number of likely N-dealkylation sites (tertiary alicyclic amines) is 1. The lowest BCUT2D eigenvalue weighted by Gasteiger charge is -2.58. The lowest BCUT2D eigenvalue weighted by Crippen LogP contribution is -2.64. The number of hydrogen-bond acceptors (Lipinski definition) is 4. The number of esters is 1. The predicted molar refractivity (Wildman–Crippen MR) is 78.7 cm³/mol. The normalized spacial score (nSPS) is 21.0. The first-order valence-electron chi connectivity index (χ1n) is 7.56. The topological polar surface area (TPSA) is 55.8 Å². The first-order valence-corrected chi connectivity index (χ1v) is 7.56. The van der Waals surface area contributed by atoms with Crippen molar-refractivity contribution in [2.45, 2.75) is 46.1 Å². The molecule has 1 aliphatic carbocycles. The standard InChI is InChI=1S/C16H25NO4/c1-5-20-13(18)7-6-12-8-16(9-12)10-17(11-16)14(19)21-15(2,3)4/h6-7,12H,5,8-11H2,1-4H3/b7-6+. The van der Waals surface area contributed by atoms with Gasteiger partial charge in [0.25, 0.3) is 0 Å². The highest BCUT2D eigenvalue weighted by molar-refractivity contribution is 5.81. The number of allylic oxidation sites excluding steroid dienone is 1. The lowest BCUT2D eigenvalue weighted by atomic mass is 9.58. The lowest BCUT2D eigenvalue weighted by molar-refractivity contribution is -0.137. The summed E-state index contributed by atoms with van der Waals surface area (Å²) in [4.78, 5) is 24.9. The Morgan fingerprint density at radius 3 is 2.43 bits per heavy atom. The van der Waals surface area contributed by atoms with Gasteiger partial charge in [-0.1, -0.05) is 6.08 Å². The zero-order valence-corrected chi connectivity index (χ0v) is 13.3. The molecule has 0 N–H and O–H groups in total. The third-order valence-corrected chi connectivity index (χ3v) is 3.89. The van der Waals surface area contributed by atoms with Crippen LogP contribution in [0.2, 0.25) is 0 Å². The Labute approximate surface area is 126 Å². The summed E-state index contributed by atoms with van der Waals surface area (Å²) < 4.78 is 10.2. The van der Waals surface area contributed by atoms with Gasteiger partial charge < -0.3 is 14.4 Å². The van der Waals surface area contributed by atoms with Crippen LogP contribution in [0.1, 0.15) is 40.5 Å². The van der Waals surface area contributed by atoms with Crippen molar-refractivity contribution in [3.05, 3.63) is 12.2 Å². The predicted octanol–water partition coefficient (Wildman–Crippen LogP) is 2.75. The fourth-order valence-electron chi connectivity index (χ4n) is 3.07. The smallest absolute Gasteiger partial charge is 0.410 e. The van der Waals surface area contributed by atoms with Crippen LogP contribution in [0.25, 0.3) is 0 Å². The van der Waals surface area contributed by atoms with Crippen molar-refractivity contribution >= 4 is 12.1 Å². The largest absolute Gasteiger partial charge is 0.463 e. The number of amides is 1. The molecule has 5 heteroatoms. The SMILES string of the molecule is CCOC(=O)/C=C/C1CC2(C1)CN(C(=O)OC(C)(C)C)C2. The fraction of sp³-hybridized carbons (Fsp3) is 0.750. The molecule has 1 aliphatic heterocycles. The third kappa shape index (κ3) is 3.99. The molecule has 2 rings (SSSR count). The van der Waals surface area contributed by atoms with Crippen LogP contribution in [0.3, 0.4) is 0 Å². The zero-order chi connectivity index (χ0) is 15.7. The maximum atomic E-state index is 11.9. The first-order chi connectivity index (χ1) is 9.73. The van der Waals surface area contributed by atoms with Gasteiger partial charge in [0.15, 0.2) is 0 Å². The molecule has 2 aliphatic rings. The van der Waals surface area contributed by atoms with Crippen LogP contribution in [0.5, 0.6) is 0 Å². The number of carbonyl (C=O) groups excluding carboxylic acids is 2.